The number of nitrogens with one attached hydrogen (secondary N) is 2. The Morgan fingerprint density at radius 3 is 2.26 bits per heavy atom. The topological polar surface area (TPSA) is 125 Å². The molecule has 2 amide bonds. The smallest absolute Gasteiger partial charge is 0.414 e. The standard InChI is InChI=1S/C27H33N5O6/c1-3-37-24(33)18-31-14-12-30(13-15-31)16-23-17-32(27(35)38-23)21-8-4-19(5-9-21)25(28)29-26(34)20-6-10-22(36-2)11-7-20/h4-11,23H,3,12-18H2,1-2H3,(H2,28,29,34)/t23-/m1/s1. The van der Waals surface area contributed by atoms with Crippen LogP contribution in [-0.4, -0.2) is 99.2 Å². The number of hydrogen-bond acceptors (Lipinski definition) is 9. The number of hydrogen-bond donors (Lipinski definition) is 2. The van der Waals surface area contributed by atoms with E-state index in [-0.39, 0.29) is 17.9 Å². The van der Waals surface area contributed by atoms with E-state index in [1.165, 1.54) is 0 Å². The molecule has 38 heavy (non-hydrogen) atoms. The molecule has 2 aliphatic heterocycles. The quantitative estimate of drug-likeness (QED) is 0.290. The maximum absolute atomic E-state index is 12.5. The highest BCUT2D eigenvalue weighted by atomic mass is 16.6. The molecule has 0 saturated carbocycles. The van der Waals surface area contributed by atoms with Crippen LogP contribution in [0.3, 0.4) is 0 Å². The van der Waals surface area contributed by atoms with Crippen LogP contribution in [-0.2, 0) is 14.3 Å². The number of ether oxygens (including phenoxy) is 3. The van der Waals surface area contributed by atoms with E-state index < -0.39 is 12.0 Å². The van der Waals surface area contributed by atoms with Gasteiger partial charge in [-0.05, 0) is 55.5 Å². The molecule has 0 unspecified atom stereocenters. The second-order valence-corrected chi connectivity index (χ2v) is 9.10. The van der Waals surface area contributed by atoms with Gasteiger partial charge in [-0.15, -0.1) is 0 Å². The molecule has 0 bridgehead atoms. The highest BCUT2D eigenvalue weighted by Crippen LogP contribution is 2.23. The third-order valence-electron chi connectivity index (χ3n) is 6.52. The highest BCUT2D eigenvalue weighted by Gasteiger charge is 2.34. The Hall–Kier alpha value is -3.96. The number of piperazine rings is 1. The molecule has 11 heteroatoms. The van der Waals surface area contributed by atoms with Crippen molar-refractivity contribution < 1.29 is 28.6 Å². The minimum atomic E-state index is -0.411. The summed E-state index contributed by atoms with van der Waals surface area (Å²) < 4.78 is 15.7. The van der Waals surface area contributed by atoms with Crippen LogP contribution >= 0.6 is 0 Å². The van der Waals surface area contributed by atoms with Gasteiger partial charge in [-0.1, -0.05) is 0 Å². The molecule has 0 aliphatic carbocycles. The Morgan fingerprint density at radius 1 is 1.00 bits per heavy atom. The van der Waals surface area contributed by atoms with Crippen molar-refractivity contribution >= 4 is 29.5 Å². The summed E-state index contributed by atoms with van der Waals surface area (Å²) in [7, 11) is 1.55. The average molecular weight is 524 g/mol. The largest absolute Gasteiger partial charge is 0.497 e. The normalized spacial score (nSPS) is 18.1. The van der Waals surface area contributed by atoms with Crippen LogP contribution < -0.4 is 15.0 Å². The minimum Gasteiger partial charge on any atom is -0.497 e. The molecule has 11 nitrogen and oxygen atoms in total. The fraction of sp³-hybridized carbons (Fsp3) is 0.407. The third kappa shape index (κ3) is 6.87. The number of nitrogens with zero attached hydrogens (tertiary/aromatic N) is 3. The zero-order valence-electron chi connectivity index (χ0n) is 21.6. The second-order valence-electron chi connectivity index (χ2n) is 9.10. The number of methoxy groups -OCH3 is 1. The lowest BCUT2D eigenvalue weighted by Gasteiger charge is -2.34. The van der Waals surface area contributed by atoms with Crippen LogP contribution in [0.5, 0.6) is 5.75 Å². The van der Waals surface area contributed by atoms with E-state index >= 15 is 0 Å². The first kappa shape index (κ1) is 27.1. The summed E-state index contributed by atoms with van der Waals surface area (Å²) in [4.78, 5) is 42.6. The number of rotatable bonds is 9. The fourth-order valence-electron chi connectivity index (χ4n) is 4.44. The number of amidine groups is 1. The average Bonchev–Trinajstić information content (AvgIpc) is 3.29. The van der Waals surface area contributed by atoms with E-state index in [1.807, 2.05) is 0 Å². The Labute approximate surface area is 221 Å². The first-order chi connectivity index (χ1) is 18.4. The zero-order valence-corrected chi connectivity index (χ0v) is 21.6. The van der Waals surface area contributed by atoms with Gasteiger partial charge in [-0.3, -0.25) is 29.7 Å². The van der Waals surface area contributed by atoms with E-state index in [9.17, 15) is 14.4 Å². The van der Waals surface area contributed by atoms with Crippen molar-refractivity contribution in [1.82, 2.24) is 15.1 Å². The van der Waals surface area contributed by atoms with Crippen molar-refractivity contribution in [2.45, 2.75) is 13.0 Å². The molecule has 0 spiro atoms. The molecule has 202 valence electrons. The number of benzene rings is 2. The first-order valence-electron chi connectivity index (χ1n) is 12.6. The maximum Gasteiger partial charge on any atom is 0.414 e. The summed E-state index contributed by atoms with van der Waals surface area (Å²) in [5.74, 6) is 0.00125. The van der Waals surface area contributed by atoms with E-state index in [1.54, 1.807) is 67.5 Å². The molecule has 1 atom stereocenters. The van der Waals surface area contributed by atoms with Gasteiger partial charge in [0, 0.05) is 49.5 Å². The summed E-state index contributed by atoms with van der Waals surface area (Å²) in [5, 5.41) is 10.8. The Kier molecular flexibility index (Phi) is 8.93. The van der Waals surface area contributed by atoms with Crippen LogP contribution in [0.25, 0.3) is 0 Å². The maximum atomic E-state index is 12.5. The lowest BCUT2D eigenvalue weighted by Crippen LogP contribution is -2.50. The van der Waals surface area contributed by atoms with Crippen LogP contribution in [0.1, 0.15) is 22.8 Å². The van der Waals surface area contributed by atoms with Crippen molar-refractivity contribution in [2.24, 2.45) is 0 Å². The Bertz CT molecular complexity index is 1150. The van der Waals surface area contributed by atoms with Crippen molar-refractivity contribution in [3.8, 4) is 5.75 Å². The lowest BCUT2D eigenvalue weighted by atomic mass is 10.1. The number of cyclic esters (lactones) is 1. The lowest BCUT2D eigenvalue weighted by molar-refractivity contribution is -0.144. The predicted octanol–water partition coefficient (Wildman–Crippen LogP) is 1.96. The Balaban J connectivity index is 1.26. The molecule has 2 saturated heterocycles. The van der Waals surface area contributed by atoms with Gasteiger partial charge in [0.05, 0.1) is 26.8 Å². The number of carbonyl (C=O) groups is 3. The van der Waals surface area contributed by atoms with E-state index in [2.05, 4.69) is 15.1 Å². The highest BCUT2D eigenvalue weighted by molar-refractivity contribution is 6.11. The molecule has 0 radical (unpaired) electrons. The molecule has 4 rings (SSSR count). The van der Waals surface area contributed by atoms with Crippen molar-refractivity contribution in [2.75, 3.05) is 64.4 Å². The van der Waals surface area contributed by atoms with Gasteiger partial charge in [-0.25, -0.2) is 4.79 Å². The van der Waals surface area contributed by atoms with Gasteiger partial charge in [0.25, 0.3) is 5.91 Å². The molecule has 2 aromatic rings. The molecule has 2 N–H and O–H groups in total. The van der Waals surface area contributed by atoms with Crippen LogP contribution in [0.15, 0.2) is 48.5 Å². The predicted molar refractivity (Wildman–Crippen MR) is 141 cm³/mol. The van der Waals surface area contributed by atoms with E-state index in [0.29, 0.717) is 48.8 Å². The molecule has 2 heterocycles. The third-order valence-corrected chi connectivity index (χ3v) is 6.52. The number of carbonyl (C=O) groups excluding carboxylic acids is 3. The molecule has 0 aromatic heterocycles. The zero-order chi connectivity index (χ0) is 27.1. The molecular formula is C27H33N5O6. The second kappa shape index (κ2) is 12.5. The summed E-state index contributed by atoms with van der Waals surface area (Å²) in [6.45, 7) is 6.60. The van der Waals surface area contributed by atoms with Crippen molar-refractivity contribution in [1.29, 1.82) is 5.41 Å². The minimum absolute atomic E-state index is 0.0404. The SMILES string of the molecule is CCOC(=O)CN1CCN(C[C@@H]2CN(c3ccc(C(=N)NC(=O)c4ccc(OC)cc4)cc3)C(=O)O2)CC1. The molecular weight excluding hydrogens is 490 g/mol. The molecule has 2 aliphatic rings. The summed E-state index contributed by atoms with van der Waals surface area (Å²) in [5.41, 5.74) is 1.59. The van der Waals surface area contributed by atoms with Crippen LogP contribution in [0, 0.1) is 5.41 Å². The first-order valence-corrected chi connectivity index (χ1v) is 12.6. The molecule has 2 fully saturated rings. The van der Waals surface area contributed by atoms with Crippen molar-refractivity contribution in [3.63, 3.8) is 0 Å². The van der Waals surface area contributed by atoms with Gasteiger partial charge >= 0.3 is 12.1 Å². The summed E-state index contributed by atoms with van der Waals surface area (Å²) in [6.07, 6.45) is -0.674. The van der Waals surface area contributed by atoms with Gasteiger partial charge in [0.2, 0.25) is 0 Å². The number of amides is 2. The van der Waals surface area contributed by atoms with Gasteiger partial charge in [0.15, 0.2) is 0 Å². The summed E-state index contributed by atoms with van der Waals surface area (Å²) in [6, 6.07) is 13.5. The van der Waals surface area contributed by atoms with E-state index in [4.69, 9.17) is 19.6 Å². The summed E-state index contributed by atoms with van der Waals surface area (Å²) >= 11 is 0. The van der Waals surface area contributed by atoms with Crippen molar-refractivity contribution in [3.05, 3.63) is 59.7 Å². The molecule has 2 aromatic carbocycles. The van der Waals surface area contributed by atoms with Gasteiger partial charge in [-0.2, -0.15) is 0 Å². The van der Waals surface area contributed by atoms with Gasteiger partial charge < -0.3 is 19.5 Å². The van der Waals surface area contributed by atoms with Crippen LogP contribution in [0.4, 0.5) is 10.5 Å². The number of esters is 1. The fourth-order valence-corrected chi connectivity index (χ4v) is 4.44. The monoisotopic (exact) mass is 523 g/mol. The number of anilines is 1. The Morgan fingerprint density at radius 2 is 1.63 bits per heavy atom. The van der Waals surface area contributed by atoms with Crippen LogP contribution in [0.2, 0.25) is 0 Å². The van der Waals surface area contributed by atoms with Gasteiger partial charge in [0.1, 0.15) is 17.7 Å². The van der Waals surface area contributed by atoms with E-state index in [0.717, 1.165) is 26.2 Å².